The van der Waals surface area contributed by atoms with Gasteiger partial charge in [-0.2, -0.15) is 5.26 Å². The summed E-state index contributed by atoms with van der Waals surface area (Å²) in [5, 5.41) is 11.9. The van der Waals surface area contributed by atoms with E-state index in [0.717, 1.165) is 17.5 Å². The maximum atomic E-state index is 12.9. The van der Waals surface area contributed by atoms with Crippen LogP contribution in [0.25, 0.3) is 11.3 Å². The Hall–Kier alpha value is -2.50. The van der Waals surface area contributed by atoms with Crippen molar-refractivity contribution in [2.75, 3.05) is 5.75 Å². The fraction of sp³-hybridized carbons (Fsp3) is 0.176. The lowest BCUT2D eigenvalue weighted by molar-refractivity contribution is -0.116. The number of Topliss-reactive ketones (excluding diaryl/α,β-unsaturated/α-hetero) is 1. The number of halogens is 1. The van der Waals surface area contributed by atoms with E-state index in [0.29, 0.717) is 21.6 Å². The first kappa shape index (κ1) is 17.3. The van der Waals surface area contributed by atoms with Crippen LogP contribution in [0.15, 0.2) is 45.5 Å². The number of carbonyl (C=O) groups is 1. The molecule has 0 aliphatic heterocycles. The second kappa shape index (κ2) is 7.59. The zero-order valence-electron chi connectivity index (χ0n) is 13.1. The number of oxazole rings is 1. The van der Waals surface area contributed by atoms with Crippen molar-refractivity contribution < 1.29 is 13.6 Å². The predicted molar refractivity (Wildman–Crippen MR) is 92.8 cm³/mol. The molecule has 0 fully saturated rings. The van der Waals surface area contributed by atoms with E-state index in [1.165, 1.54) is 29.7 Å². The molecule has 5 nitrogen and oxygen atoms in total. The van der Waals surface area contributed by atoms with Gasteiger partial charge in [-0.25, -0.2) is 14.4 Å². The number of benzene rings is 1. The number of hydrogen-bond donors (Lipinski definition) is 0. The highest BCUT2D eigenvalue weighted by Gasteiger charge is 2.24. The van der Waals surface area contributed by atoms with E-state index in [2.05, 4.69) is 9.97 Å². The highest BCUT2D eigenvalue weighted by atomic mass is 32.2. The molecular weight excluding hydrogens is 361 g/mol. The number of thioether (sulfide) groups is 1. The predicted octanol–water partition coefficient (Wildman–Crippen LogP) is 4.21. The van der Waals surface area contributed by atoms with Crippen molar-refractivity contribution >= 4 is 28.9 Å². The van der Waals surface area contributed by atoms with Crippen LogP contribution < -0.4 is 0 Å². The van der Waals surface area contributed by atoms with Gasteiger partial charge in [0.1, 0.15) is 10.8 Å². The Balaban J connectivity index is 1.64. The van der Waals surface area contributed by atoms with Gasteiger partial charge in [-0.3, -0.25) is 4.79 Å². The Morgan fingerprint density at radius 2 is 2.20 bits per heavy atom. The maximum Gasteiger partial charge on any atom is 0.256 e. The van der Waals surface area contributed by atoms with Crippen molar-refractivity contribution in [3.8, 4) is 17.4 Å². The molecule has 0 spiro atoms. The molecule has 0 aliphatic rings. The van der Waals surface area contributed by atoms with Gasteiger partial charge in [0.15, 0.2) is 17.5 Å². The van der Waals surface area contributed by atoms with Gasteiger partial charge in [0.05, 0.1) is 18.0 Å². The van der Waals surface area contributed by atoms with Gasteiger partial charge in [-0.1, -0.05) is 11.8 Å². The summed E-state index contributed by atoms with van der Waals surface area (Å²) in [5.41, 5.74) is 1.48. The SMILES string of the molecule is Cc1csc(C(C#N)C(=O)CSc2ncc(-c3ccc(F)cc3)o2)n1. The molecule has 1 atom stereocenters. The number of nitrogens with zero attached hydrogens (tertiary/aromatic N) is 3. The monoisotopic (exact) mass is 373 g/mol. The minimum atomic E-state index is -0.877. The third kappa shape index (κ3) is 4.13. The molecule has 1 aromatic carbocycles. The lowest BCUT2D eigenvalue weighted by Gasteiger charge is -2.03. The van der Waals surface area contributed by atoms with E-state index in [1.807, 2.05) is 18.4 Å². The summed E-state index contributed by atoms with van der Waals surface area (Å²) in [4.78, 5) is 20.6. The van der Waals surface area contributed by atoms with E-state index in [9.17, 15) is 14.4 Å². The Kier molecular flexibility index (Phi) is 5.26. The first-order chi connectivity index (χ1) is 12.1. The van der Waals surface area contributed by atoms with E-state index >= 15 is 0 Å². The summed E-state index contributed by atoms with van der Waals surface area (Å²) in [6.45, 7) is 1.82. The maximum absolute atomic E-state index is 12.9. The van der Waals surface area contributed by atoms with Crippen molar-refractivity contribution in [1.29, 1.82) is 5.26 Å². The first-order valence-corrected chi connectivity index (χ1v) is 9.12. The molecule has 0 bridgehead atoms. The van der Waals surface area contributed by atoms with E-state index in [4.69, 9.17) is 4.42 Å². The summed E-state index contributed by atoms with van der Waals surface area (Å²) >= 11 is 2.42. The molecule has 3 aromatic rings. The van der Waals surface area contributed by atoms with Crippen molar-refractivity contribution in [3.05, 3.63) is 52.4 Å². The molecule has 8 heteroatoms. The molecule has 25 heavy (non-hydrogen) atoms. The van der Waals surface area contributed by atoms with Crippen LogP contribution in [-0.4, -0.2) is 21.5 Å². The molecule has 0 aliphatic carbocycles. The highest BCUT2D eigenvalue weighted by Crippen LogP contribution is 2.28. The van der Waals surface area contributed by atoms with E-state index in [-0.39, 0.29) is 17.4 Å². The van der Waals surface area contributed by atoms with Crippen molar-refractivity contribution in [3.63, 3.8) is 0 Å². The van der Waals surface area contributed by atoms with E-state index in [1.54, 1.807) is 12.1 Å². The number of aromatic nitrogens is 2. The summed E-state index contributed by atoms with van der Waals surface area (Å²) in [5.74, 6) is -0.910. The number of rotatable bonds is 6. The van der Waals surface area contributed by atoms with Gasteiger partial charge in [0.2, 0.25) is 0 Å². The second-order valence-corrected chi connectivity index (χ2v) is 6.96. The Bertz CT molecular complexity index is 928. The van der Waals surface area contributed by atoms with Gasteiger partial charge in [0, 0.05) is 16.6 Å². The number of thiazole rings is 1. The van der Waals surface area contributed by atoms with Crippen LogP contribution in [0.3, 0.4) is 0 Å². The van der Waals surface area contributed by atoms with Crippen LogP contribution in [0.5, 0.6) is 0 Å². The fourth-order valence-electron chi connectivity index (χ4n) is 2.06. The van der Waals surface area contributed by atoms with E-state index < -0.39 is 5.92 Å². The highest BCUT2D eigenvalue weighted by molar-refractivity contribution is 7.99. The Morgan fingerprint density at radius 1 is 1.44 bits per heavy atom. The summed E-state index contributed by atoms with van der Waals surface area (Å²) in [6, 6.07) is 7.85. The van der Waals surface area contributed by atoms with Gasteiger partial charge in [-0.15, -0.1) is 11.3 Å². The molecule has 0 N–H and O–H groups in total. The Morgan fingerprint density at radius 3 is 2.84 bits per heavy atom. The van der Waals surface area contributed by atoms with Gasteiger partial charge in [0.25, 0.3) is 5.22 Å². The quantitative estimate of drug-likeness (QED) is 0.602. The molecule has 0 saturated carbocycles. The van der Waals surface area contributed by atoms with Crippen LogP contribution in [-0.2, 0) is 4.79 Å². The second-order valence-electron chi connectivity index (χ2n) is 5.14. The molecular formula is C17H12FN3O2S2. The molecule has 126 valence electrons. The minimum Gasteiger partial charge on any atom is -0.431 e. The van der Waals surface area contributed by atoms with Crippen LogP contribution in [0.4, 0.5) is 4.39 Å². The van der Waals surface area contributed by atoms with Crippen LogP contribution in [0.2, 0.25) is 0 Å². The molecule has 2 aromatic heterocycles. The normalized spacial score (nSPS) is 11.9. The lowest BCUT2D eigenvalue weighted by atomic mass is 10.1. The van der Waals surface area contributed by atoms with Crippen LogP contribution in [0.1, 0.15) is 16.6 Å². The summed E-state index contributed by atoms with van der Waals surface area (Å²) < 4.78 is 18.5. The summed E-state index contributed by atoms with van der Waals surface area (Å²) in [7, 11) is 0. The van der Waals surface area contributed by atoms with Gasteiger partial charge >= 0.3 is 0 Å². The van der Waals surface area contributed by atoms with Crippen LogP contribution >= 0.6 is 23.1 Å². The number of ketones is 1. The number of hydrogen-bond acceptors (Lipinski definition) is 7. The first-order valence-electron chi connectivity index (χ1n) is 7.25. The number of carbonyl (C=O) groups excluding carboxylic acids is 1. The molecule has 0 saturated heterocycles. The van der Waals surface area contributed by atoms with Crippen molar-refractivity contribution in [2.45, 2.75) is 18.1 Å². The average Bonchev–Trinajstić information content (AvgIpc) is 3.24. The van der Waals surface area contributed by atoms with Crippen molar-refractivity contribution in [2.24, 2.45) is 0 Å². The van der Waals surface area contributed by atoms with Crippen LogP contribution in [0, 0.1) is 24.1 Å². The fourth-order valence-corrected chi connectivity index (χ4v) is 3.63. The number of aryl methyl sites for hydroxylation is 1. The lowest BCUT2D eigenvalue weighted by Crippen LogP contribution is -2.13. The molecule has 3 rings (SSSR count). The standard InChI is InChI=1S/C17H12FN3O2S2/c1-10-8-24-16(21-10)13(6-19)14(22)9-25-17-20-7-15(23-17)11-2-4-12(18)5-3-11/h2-5,7-8,13H,9H2,1H3. The largest absolute Gasteiger partial charge is 0.431 e. The van der Waals surface area contributed by atoms with Gasteiger partial charge < -0.3 is 4.42 Å². The summed E-state index contributed by atoms with van der Waals surface area (Å²) in [6.07, 6.45) is 1.52. The van der Waals surface area contributed by atoms with Crippen molar-refractivity contribution in [1.82, 2.24) is 9.97 Å². The molecule has 0 amide bonds. The topological polar surface area (TPSA) is 79.8 Å². The molecule has 2 heterocycles. The smallest absolute Gasteiger partial charge is 0.256 e. The average molecular weight is 373 g/mol. The molecule has 0 radical (unpaired) electrons. The minimum absolute atomic E-state index is 0.0558. The Labute approximate surface area is 151 Å². The zero-order valence-corrected chi connectivity index (χ0v) is 14.7. The van der Waals surface area contributed by atoms with Gasteiger partial charge in [-0.05, 0) is 31.2 Å². The molecule has 1 unspecified atom stereocenters. The third-order valence-corrected chi connectivity index (χ3v) is 5.18. The number of nitriles is 1. The zero-order chi connectivity index (χ0) is 17.8. The third-order valence-electron chi connectivity index (χ3n) is 3.29.